The largest absolute Gasteiger partial charge is 0.478 e. The summed E-state index contributed by atoms with van der Waals surface area (Å²) in [5.41, 5.74) is 1.06. The van der Waals surface area contributed by atoms with Crippen molar-refractivity contribution in [3.8, 4) is 11.5 Å². The van der Waals surface area contributed by atoms with E-state index in [2.05, 4.69) is 0 Å². The molecule has 0 atom stereocenters. The lowest BCUT2D eigenvalue weighted by atomic mass is 10.1. The topological polar surface area (TPSA) is 89.7 Å². The predicted octanol–water partition coefficient (Wildman–Crippen LogP) is 3.70. The number of para-hydroxylation sites is 1. The monoisotopic (exact) mass is 287 g/mol. The third-order valence-electron chi connectivity index (χ3n) is 3.03. The fourth-order valence-electron chi connectivity index (χ4n) is 1.93. The van der Waals surface area contributed by atoms with Crippen LogP contribution < -0.4 is 4.74 Å². The van der Waals surface area contributed by atoms with Crippen molar-refractivity contribution in [2.45, 2.75) is 13.8 Å². The molecule has 1 N–H and O–H groups in total. The van der Waals surface area contributed by atoms with Gasteiger partial charge in [-0.15, -0.1) is 0 Å². The molecule has 2 aromatic rings. The lowest BCUT2D eigenvalue weighted by Gasteiger charge is -2.11. The minimum absolute atomic E-state index is 0.00590. The molecule has 0 unspecified atom stereocenters. The maximum absolute atomic E-state index is 11.1. The molecule has 0 spiro atoms. The van der Waals surface area contributed by atoms with Crippen LogP contribution in [-0.2, 0) is 0 Å². The Hall–Kier alpha value is -2.89. The summed E-state index contributed by atoms with van der Waals surface area (Å²) in [7, 11) is 0. The summed E-state index contributed by atoms with van der Waals surface area (Å²) in [6.07, 6.45) is 0. The quantitative estimate of drug-likeness (QED) is 0.684. The first-order chi connectivity index (χ1) is 9.90. The van der Waals surface area contributed by atoms with Gasteiger partial charge in [-0.25, -0.2) is 4.79 Å². The van der Waals surface area contributed by atoms with Gasteiger partial charge in [-0.2, -0.15) is 0 Å². The van der Waals surface area contributed by atoms with Crippen molar-refractivity contribution in [3.63, 3.8) is 0 Å². The molecular weight excluding hydrogens is 274 g/mol. The zero-order chi connectivity index (χ0) is 15.6. The Balaban J connectivity index is 2.44. The third-order valence-corrected chi connectivity index (χ3v) is 3.03. The average Bonchev–Trinajstić information content (AvgIpc) is 2.42. The van der Waals surface area contributed by atoms with E-state index in [4.69, 9.17) is 9.84 Å². The molecule has 0 aromatic heterocycles. The molecule has 21 heavy (non-hydrogen) atoms. The van der Waals surface area contributed by atoms with Crippen molar-refractivity contribution in [2.75, 3.05) is 0 Å². The second kappa shape index (κ2) is 5.62. The van der Waals surface area contributed by atoms with Gasteiger partial charge in [0, 0.05) is 11.6 Å². The van der Waals surface area contributed by atoms with Crippen LogP contribution in [0.2, 0.25) is 0 Å². The SMILES string of the molecule is Cc1cc([N+](=O)[O-])c(C)cc1Oc1ccccc1C(=O)O. The number of aromatic carboxylic acids is 1. The van der Waals surface area contributed by atoms with E-state index in [0.29, 0.717) is 16.9 Å². The van der Waals surface area contributed by atoms with E-state index in [1.165, 1.54) is 18.2 Å². The van der Waals surface area contributed by atoms with Crippen LogP contribution in [0.15, 0.2) is 36.4 Å². The number of nitro benzene ring substituents is 1. The van der Waals surface area contributed by atoms with Gasteiger partial charge in [-0.1, -0.05) is 12.1 Å². The van der Waals surface area contributed by atoms with Crippen LogP contribution >= 0.6 is 0 Å². The van der Waals surface area contributed by atoms with Crippen LogP contribution in [0.25, 0.3) is 0 Å². The summed E-state index contributed by atoms with van der Waals surface area (Å²) >= 11 is 0. The molecule has 0 aliphatic carbocycles. The van der Waals surface area contributed by atoms with Gasteiger partial charge in [0.1, 0.15) is 17.1 Å². The number of carboxylic acids is 1. The zero-order valence-corrected chi connectivity index (χ0v) is 11.5. The van der Waals surface area contributed by atoms with Crippen molar-refractivity contribution < 1.29 is 19.6 Å². The van der Waals surface area contributed by atoms with E-state index in [-0.39, 0.29) is 17.0 Å². The lowest BCUT2D eigenvalue weighted by Crippen LogP contribution is -2.01. The molecule has 6 nitrogen and oxygen atoms in total. The molecule has 0 saturated heterocycles. The Morgan fingerprint density at radius 2 is 1.81 bits per heavy atom. The van der Waals surface area contributed by atoms with Gasteiger partial charge < -0.3 is 9.84 Å². The lowest BCUT2D eigenvalue weighted by molar-refractivity contribution is -0.385. The zero-order valence-electron chi connectivity index (χ0n) is 11.5. The summed E-state index contributed by atoms with van der Waals surface area (Å²) in [6.45, 7) is 3.28. The summed E-state index contributed by atoms with van der Waals surface area (Å²) < 4.78 is 5.61. The van der Waals surface area contributed by atoms with Gasteiger partial charge in [-0.3, -0.25) is 10.1 Å². The Kier molecular flexibility index (Phi) is 3.89. The fraction of sp³-hybridized carbons (Fsp3) is 0.133. The summed E-state index contributed by atoms with van der Waals surface area (Å²) in [5, 5.41) is 20.0. The Labute approximate surface area is 120 Å². The Bertz CT molecular complexity index is 724. The van der Waals surface area contributed by atoms with Crippen molar-refractivity contribution in [3.05, 3.63) is 63.2 Å². The average molecular weight is 287 g/mol. The molecule has 2 aromatic carbocycles. The Morgan fingerprint density at radius 1 is 1.14 bits per heavy atom. The number of ether oxygens (including phenoxy) is 1. The van der Waals surface area contributed by atoms with Crippen molar-refractivity contribution >= 4 is 11.7 Å². The maximum atomic E-state index is 11.1. The minimum Gasteiger partial charge on any atom is -0.478 e. The van der Waals surface area contributed by atoms with E-state index in [1.54, 1.807) is 32.0 Å². The number of benzene rings is 2. The highest BCUT2D eigenvalue weighted by Crippen LogP contribution is 2.32. The molecular formula is C15H13NO5. The molecule has 0 radical (unpaired) electrons. The highest BCUT2D eigenvalue weighted by Gasteiger charge is 2.16. The minimum atomic E-state index is -1.10. The number of nitrogens with zero attached hydrogens (tertiary/aromatic N) is 1. The van der Waals surface area contributed by atoms with Gasteiger partial charge in [-0.05, 0) is 37.6 Å². The third kappa shape index (κ3) is 3.00. The predicted molar refractivity (Wildman–Crippen MR) is 76.0 cm³/mol. The molecule has 0 amide bonds. The van der Waals surface area contributed by atoms with Crippen LogP contribution in [0.1, 0.15) is 21.5 Å². The fourth-order valence-corrected chi connectivity index (χ4v) is 1.93. The van der Waals surface area contributed by atoms with Gasteiger partial charge in [0.25, 0.3) is 5.69 Å². The van der Waals surface area contributed by atoms with E-state index in [9.17, 15) is 14.9 Å². The summed E-state index contributed by atoms with van der Waals surface area (Å²) in [4.78, 5) is 21.6. The van der Waals surface area contributed by atoms with Crippen LogP contribution in [0, 0.1) is 24.0 Å². The van der Waals surface area contributed by atoms with Crippen LogP contribution in [-0.4, -0.2) is 16.0 Å². The molecule has 0 fully saturated rings. The van der Waals surface area contributed by atoms with Crippen molar-refractivity contribution in [1.29, 1.82) is 0 Å². The van der Waals surface area contributed by atoms with Crippen LogP contribution in [0.5, 0.6) is 11.5 Å². The first kappa shape index (κ1) is 14.5. The van der Waals surface area contributed by atoms with Crippen LogP contribution in [0.4, 0.5) is 5.69 Å². The highest BCUT2D eigenvalue weighted by molar-refractivity contribution is 5.90. The molecule has 108 valence electrons. The van der Waals surface area contributed by atoms with Crippen molar-refractivity contribution in [2.24, 2.45) is 0 Å². The second-order valence-corrected chi connectivity index (χ2v) is 4.56. The van der Waals surface area contributed by atoms with Gasteiger partial charge in [0.05, 0.1) is 4.92 Å². The summed E-state index contributed by atoms with van der Waals surface area (Å²) in [5.74, 6) is -0.505. The molecule has 2 rings (SSSR count). The number of hydrogen-bond acceptors (Lipinski definition) is 4. The molecule has 0 bridgehead atoms. The molecule has 0 aliphatic rings. The van der Waals surface area contributed by atoms with Gasteiger partial charge in [0.2, 0.25) is 0 Å². The number of hydrogen-bond donors (Lipinski definition) is 1. The first-order valence-electron chi connectivity index (χ1n) is 6.16. The first-order valence-corrected chi connectivity index (χ1v) is 6.16. The van der Waals surface area contributed by atoms with E-state index >= 15 is 0 Å². The summed E-state index contributed by atoms with van der Waals surface area (Å²) in [6, 6.07) is 9.19. The van der Waals surface area contributed by atoms with Crippen LogP contribution in [0.3, 0.4) is 0 Å². The number of carboxylic acid groups (broad SMARTS) is 1. The number of nitro groups is 1. The molecule has 0 saturated carbocycles. The maximum Gasteiger partial charge on any atom is 0.339 e. The molecule has 6 heteroatoms. The van der Waals surface area contributed by atoms with E-state index in [1.807, 2.05) is 0 Å². The molecule has 0 aliphatic heterocycles. The van der Waals surface area contributed by atoms with E-state index in [0.717, 1.165) is 0 Å². The van der Waals surface area contributed by atoms with Gasteiger partial charge in [0.15, 0.2) is 0 Å². The highest BCUT2D eigenvalue weighted by atomic mass is 16.6. The number of carbonyl (C=O) groups is 1. The molecule has 0 heterocycles. The smallest absolute Gasteiger partial charge is 0.339 e. The van der Waals surface area contributed by atoms with E-state index < -0.39 is 10.9 Å². The normalized spacial score (nSPS) is 10.2. The standard InChI is InChI=1S/C15H13NO5/c1-9-8-14(10(2)7-12(9)16(19)20)21-13-6-4-3-5-11(13)15(17)18/h3-8H,1-2H3,(H,17,18). The van der Waals surface area contributed by atoms with Crippen molar-refractivity contribution in [1.82, 2.24) is 0 Å². The number of rotatable bonds is 4. The second-order valence-electron chi connectivity index (χ2n) is 4.56. The Morgan fingerprint density at radius 3 is 2.43 bits per heavy atom. The van der Waals surface area contributed by atoms with Gasteiger partial charge >= 0.3 is 5.97 Å². The number of aryl methyl sites for hydroxylation is 2.